The molecule has 1 atom stereocenters. The molecule has 0 radical (unpaired) electrons. The molecule has 2 aromatic rings. The summed E-state index contributed by atoms with van der Waals surface area (Å²) in [5.41, 5.74) is 0.733. The molecule has 3 rings (SSSR count). The number of hydrogen-bond donors (Lipinski definition) is 1. The molecule has 1 N–H and O–H groups in total. The van der Waals surface area contributed by atoms with Crippen molar-refractivity contribution < 1.29 is 28.4 Å². The fourth-order valence-corrected chi connectivity index (χ4v) is 3.00. The first-order chi connectivity index (χ1) is 13.9. The van der Waals surface area contributed by atoms with Gasteiger partial charge in [-0.3, -0.25) is 24.1 Å². The number of fused-ring (bicyclic) bond motifs is 1. The molecule has 9 nitrogen and oxygen atoms in total. The minimum Gasteiger partial charge on any atom is -0.452 e. The van der Waals surface area contributed by atoms with Crippen molar-refractivity contribution in [1.29, 1.82) is 0 Å². The van der Waals surface area contributed by atoms with E-state index in [4.69, 9.17) is 9.26 Å². The third kappa shape index (κ3) is 4.50. The van der Waals surface area contributed by atoms with Gasteiger partial charge in [-0.25, -0.2) is 0 Å². The number of aryl methyl sites for hydroxylation is 1. The van der Waals surface area contributed by atoms with Gasteiger partial charge in [-0.2, -0.15) is 0 Å². The molecule has 9 heteroatoms. The number of hydrogen-bond acceptors (Lipinski definition) is 7. The second-order valence-electron chi connectivity index (χ2n) is 6.61. The molecule has 0 saturated carbocycles. The van der Waals surface area contributed by atoms with Crippen LogP contribution in [0.5, 0.6) is 0 Å². The Kier molecular flexibility index (Phi) is 6.06. The van der Waals surface area contributed by atoms with Gasteiger partial charge in [-0.05, 0) is 31.9 Å². The molecule has 29 heavy (non-hydrogen) atoms. The van der Waals surface area contributed by atoms with E-state index in [0.717, 1.165) is 4.90 Å². The number of carbonyl (C=O) groups excluding carboxylic acids is 4. The first-order valence-corrected chi connectivity index (χ1v) is 9.29. The van der Waals surface area contributed by atoms with Gasteiger partial charge < -0.3 is 14.6 Å². The van der Waals surface area contributed by atoms with Crippen LogP contribution in [0.4, 0.5) is 5.82 Å². The highest BCUT2D eigenvalue weighted by Crippen LogP contribution is 2.22. The Hall–Kier alpha value is -3.49. The lowest BCUT2D eigenvalue weighted by molar-refractivity contribution is -0.154. The molecule has 3 amide bonds. The van der Waals surface area contributed by atoms with Crippen LogP contribution < -0.4 is 5.32 Å². The Labute approximate surface area is 167 Å². The quantitative estimate of drug-likeness (QED) is 0.534. The van der Waals surface area contributed by atoms with Crippen LogP contribution in [0.15, 0.2) is 34.9 Å². The second kappa shape index (κ2) is 8.68. The van der Waals surface area contributed by atoms with E-state index in [2.05, 4.69) is 10.5 Å². The summed E-state index contributed by atoms with van der Waals surface area (Å²) < 4.78 is 10.1. The van der Waals surface area contributed by atoms with Crippen molar-refractivity contribution in [1.82, 2.24) is 10.1 Å². The van der Waals surface area contributed by atoms with Crippen molar-refractivity contribution in [3.8, 4) is 0 Å². The molecule has 1 aromatic carbocycles. The fraction of sp³-hybridized carbons (Fsp3) is 0.350. The number of rotatable bonds is 8. The molecule has 0 saturated heterocycles. The van der Waals surface area contributed by atoms with E-state index in [1.807, 2.05) is 0 Å². The number of amides is 3. The van der Waals surface area contributed by atoms with E-state index in [9.17, 15) is 19.2 Å². The summed E-state index contributed by atoms with van der Waals surface area (Å²) in [7, 11) is 0. The molecule has 1 aliphatic rings. The Bertz CT molecular complexity index is 916. The van der Waals surface area contributed by atoms with Crippen LogP contribution >= 0.6 is 0 Å². The lowest BCUT2D eigenvalue weighted by Crippen LogP contribution is -2.33. The first kappa shape index (κ1) is 20.2. The SMILES string of the molecule is CCC(OC(=O)CCCN1C(=O)c2ccccc2C1=O)C(=O)Nc1cc(C)on1. The average Bonchev–Trinajstić information content (AvgIpc) is 3.22. The zero-order chi connectivity index (χ0) is 21.0. The summed E-state index contributed by atoms with van der Waals surface area (Å²) in [6.07, 6.45) is -0.475. The number of anilines is 1. The Morgan fingerprint density at radius 3 is 2.41 bits per heavy atom. The summed E-state index contributed by atoms with van der Waals surface area (Å²) in [6, 6.07) is 8.15. The van der Waals surface area contributed by atoms with E-state index in [0.29, 0.717) is 16.9 Å². The van der Waals surface area contributed by atoms with Crippen LogP contribution in [0.1, 0.15) is 52.7 Å². The summed E-state index contributed by atoms with van der Waals surface area (Å²) in [5, 5.41) is 6.18. The van der Waals surface area contributed by atoms with E-state index in [-0.39, 0.29) is 43.4 Å². The van der Waals surface area contributed by atoms with Crippen molar-refractivity contribution in [3.63, 3.8) is 0 Å². The van der Waals surface area contributed by atoms with Gasteiger partial charge in [0.05, 0.1) is 11.1 Å². The maximum Gasteiger partial charge on any atom is 0.306 e. The Balaban J connectivity index is 1.47. The Morgan fingerprint density at radius 1 is 1.21 bits per heavy atom. The van der Waals surface area contributed by atoms with E-state index < -0.39 is 18.0 Å². The largest absolute Gasteiger partial charge is 0.452 e. The molecule has 1 aliphatic heterocycles. The molecule has 0 fully saturated rings. The number of nitrogens with one attached hydrogen (secondary N) is 1. The molecule has 1 aromatic heterocycles. The molecule has 0 aliphatic carbocycles. The van der Waals surface area contributed by atoms with Crippen molar-refractivity contribution in [3.05, 3.63) is 47.2 Å². The maximum atomic E-state index is 12.3. The second-order valence-corrected chi connectivity index (χ2v) is 6.61. The van der Waals surface area contributed by atoms with E-state index >= 15 is 0 Å². The summed E-state index contributed by atoms with van der Waals surface area (Å²) in [6.45, 7) is 3.50. The van der Waals surface area contributed by atoms with Gasteiger partial charge in [0.25, 0.3) is 17.7 Å². The standard InChI is InChI=1S/C20H21N3O6/c1-3-15(18(25)21-16-11-12(2)29-22-16)28-17(24)9-6-10-23-19(26)13-7-4-5-8-14(13)20(23)27/h4-5,7-8,11,15H,3,6,9-10H2,1-2H3,(H,21,22,25). The van der Waals surface area contributed by atoms with Gasteiger partial charge >= 0.3 is 5.97 Å². The van der Waals surface area contributed by atoms with Gasteiger partial charge in [0, 0.05) is 19.0 Å². The van der Waals surface area contributed by atoms with E-state index in [1.54, 1.807) is 44.2 Å². The smallest absolute Gasteiger partial charge is 0.306 e. The molecule has 2 heterocycles. The van der Waals surface area contributed by atoms with Crippen LogP contribution in [-0.2, 0) is 14.3 Å². The van der Waals surface area contributed by atoms with E-state index in [1.165, 1.54) is 0 Å². The van der Waals surface area contributed by atoms with Gasteiger partial charge in [-0.15, -0.1) is 0 Å². The van der Waals surface area contributed by atoms with Crippen molar-refractivity contribution in [2.45, 2.75) is 39.2 Å². The average molecular weight is 399 g/mol. The monoisotopic (exact) mass is 399 g/mol. The summed E-state index contributed by atoms with van der Waals surface area (Å²) >= 11 is 0. The highest BCUT2D eigenvalue weighted by Gasteiger charge is 2.34. The van der Waals surface area contributed by atoms with Crippen molar-refractivity contribution in [2.24, 2.45) is 0 Å². The number of imide groups is 1. The molecule has 1 unspecified atom stereocenters. The topological polar surface area (TPSA) is 119 Å². The number of aromatic nitrogens is 1. The zero-order valence-electron chi connectivity index (χ0n) is 16.1. The van der Waals surface area contributed by atoms with Crippen LogP contribution in [0.25, 0.3) is 0 Å². The van der Waals surface area contributed by atoms with Gasteiger partial charge in [0.2, 0.25) is 0 Å². The number of carbonyl (C=O) groups is 4. The predicted molar refractivity (Wildman–Crippen MR) is 101 cm³/mol. The lowest BCUT2D eigenvalue weighted by atomic mass is 10.1. The fourth-order valence-electron chi connectivity index (χ4n) is 3.00. The lowest BCUT2D eigenvalue weighted by Gasteiger charge is -2.16. The van der Waals surface area contributed by atoms with Crippen molar-refractivity contribution in [2.75, 3.05) is 11.9 Å². The molecule has 152 valence electrons. The number of nitrogens with zero attached hydrogens (tertiary/aromatic N) is 2. The van der Waals surface area contributed by atoms with Crippen LogP contribution in [0.3, 0.4) is 0 Å². The zero-order valence-corrected chi connectivity index (χ0v) is 16.1. The summed E-state index contributed by atoms with van der Waals surface area (Å²) in [5.74, 6) is -1.04. The van der Waals surface area contributed by atoms with Crippen molar-refractivity contribution >= 4 is 29.5 Å². The molecule has 0 spiro atoms. The van der Waals surface area contributed by atoms with Crippen LogP contribution in [0, 0.1) is 6.92 Å². The maximum absolute atomic E-state index is 12.3. The van der Waals surface area contributed by atoms with Crippen LogP contribution in [-0.4, -0.2) is 46.4 Å². The number of esters is 1. The summed E-state index contributed by atoms with van der Waals surface area (Å²) in [4.78, 5) is 50.0. The molecular weight excluding hydrogens is 378 g/mol. The number of benzene rings is 1. The number of ether oxygens (including phenoxy) is 1. The highest BCUT2D eigenvalue weighted by atomic mass is 16.5. The molecule has 0 bridgehead atoms. The Morgan fingerprint density at radius 2 is 1.86 bits per heavy atom. The predicted octanol–water partition coefficient (Wildman–Crippen LogP) is 2.32. The highest BCUT2D eigenvalue weighted by molar-refractivity contribution is 6.21. The third-order valence-electron chi connectivity index (χ3n) is 4.46. The minimum absolute atomic E-state index is 0.0275. The van der Waals surface area contributed by atoms with Gasteiger partial charge in [-0.1, -0.05) is 24.2 Å². The first-order valence-electron chi connectivity index (χ1n) is 9.29. The van der Waals surface area contributed by atoms with Gasteiger partial charge in [0.1, 0.15) is 5.76 Å². The van der Waals surface area contributed by atoms with Gasteiger partial charge in [0.15, 0.2) is 11.9 Å². The third-order valence-corrected chi connectivity index (χ3v) is 4.46. The normalized spacial score (nSPS) is 13.9. The molecular formula is C20H21N3O6. The van der Waals surface area contributed by atoms with Crippen LogP contribution in [0.2, 0.25) is 0 Å². The minimum atomic E-state index is -0.973.